The number of rotatable bonds is 4. The van der Waals surface area contributed by atoms with Crippen LogP contribution < -0.4 is 10.6 Å². The van der Waals surface area contributed by atoms with E-state index in [1.807, 2.05) is 0 Å². The average Bonchev–Trinajstić information content (AvgIpc) is 3.01. The van der Waals surface area contributed by atoms with Gasteiger partial charge in [0.25, 0.3) is 0 Å². The van der Waals surface area contributed by atoms with E-state index in [1.54, 1.807) is 0 Å². The Morgan fingerprint density at radius 1 is 1.50 bits per heavy atom. The first-order valence-electron chi connectivity index (χ1n) is 6.11. The van der Waals surface area contributed by atoms with Crippen LogP contribution in [0.15, 0.2) is 0 Å². The molecule has 3 N–H and O–H groups in total. The predicted molar refractivity (Wildman–Crippen MR) is 57.7 cm³/mol. The van der Waals surface area contributed by atoms with E-state index < -0.39 is 23.6 Å². The maximum absolute atomic E-state index is 13.0. The Labute approximate surface area is 103 Å². The number of carbonyl (C=O) groups is 1. The van der Waals surface area contributed by atoms with Crippen molar-refractivity contribution in [1.29, 1.82) is 0 Å². The smallest absolute Gasteiger partial charge is 0.391 e. The fourth-order valence-electron chi connectivity index (χ4n) is 2.27. The highest BCUT2D eigenvalue weighted by atomic mass is 19.4. The van der Waals surface area contributed by atoms with E-state index in [-0.39, 0.29) is 32.0 Å². The number of nitrogens with one attached hydrogen (secondary N) is 2. The van der Waals surface area contributed by atoms with Crippen molar-refractivity contribution in [3.63, 3.8) is 0 Å². The normalized spacial score (nSPS) is 30.2. The van der Waals surface area contributed by atoms with Gasteiger partial charge in [0.05, 0.1) is 6.10 Å². The van der Waals surface area contributed by atoms with E-state index in [0.717, 1.165) is 12.8 Å². The summed E-state index contributed by atoms with van der Waals surface area (Å²) in [5.74, 6) is -0.895. The molecule has 104 valence electrons. The summed E-state index contributed by atoms with van der Waals surface area (Å²) in [5.41, 5.74) is -2.34. The first kappa shape index (κ1) is 13.6. The number of halogens is 3. The van der Waals surface area contributed by atoms with Crippen molar-refractivity contribution in [1.82, 2.24) is 10.6 Å². The number of hydrogen-bond acceptors (Lipinski definition) is 3. The zero-order valence-electron chi connectivity index (χ0n) is 9.89. The largest absolute Gasteiger partial charge is 0.404 e. The van der Waals surface area contributed by atoms with Crippen molar-refractivity contribution < 1.29 is 23.1 Å². The van der Waals surface area contributed by atoms with E-state index in [9.17, 15) is 23.1 Å². The molecule has 4 nitrogen and oxygen atoms in total. The Hall–Kier alpha value is -0.820. The number of amides is 1. The number of carbonyl (C=O) groups excluding carboxylic acids is 1. The van der Waals surface area contributed by atoms with Crippen molar-refractivity contribution in [2.24, 2.45) is 11.3 Å². The molecule has 0 aromatic carbocycles. The monoisotopic (exact) mass is 266 g/mol. The van der Waals surface area contributed by atoms with Gasteiger partial charge >= 0.3 is 6.18 Å². The second-order valence-electron chi connectivity index (χ2n) is 5.12. The van der Waals surface area contributed by atoms with Crippen molar-refractivity contribution in [3.8, 4) is 0 Å². The third kappa shape index (κ3) is 2.47. The van der Waals surface area contributed by atoms with Crippen LogP contribution in [0.1, 0.15) is 19.3 Å². The summed E-state index contributed by atoms with van der Waals surface area (Å²) in [6.45, 7) is -0.304. The van der Waals surface area contributed by atoms with E-state index in [0.29, 0.717) is 0 Å². The minimum absolute atomic E-state index is 0.0959. The highest BCUT2D eigenvalue weighted by Crippen LogP contribution is 2.43. The molecule has 0 aromatic rings. The van der Waals surface area contributed by atoms with Gasteiger partial charge in [0, 0.05) is 13.1 Å². The molecule has 0 radical (unpaired) electrons. The molecule has 1 heterocycles. The van der Waals surface area contributed by atoms with Crippen molar-refractivity contribution in [3.05, 3.63) is 0 Å². The molecule has 1 aliphatic heterocycles. The number of aliphatic hydroxyl groups excluding tert-OH is 1. The maximum atomic E-state index is 13.0. The van der Waals surface area contributed by atoms with Gasteiger partial charge in [0.15, 0.2) is 5.41 Å². The van der Waals surface area contributed by atoms with Gasteiger partial charge in [-0.3, -0.25) is 4.79 Å². The zero-order chi connectivity index (χ0) is 13.4. The molecule has 2 atom stereocenters. The van der Waals surface area contributed by atoms with Gasteiger partial charge in [-0.1, -0.05) is 0 Å². The van der Waals surface area contributed by atoms with Crippen LogP contribution >= 0.6 is 0 Å². The molecule has 1 saturated carbocycles. The highest BCUT2D eigenvalue weighted by Gasteiger charge is 2.61. The number of alkyl halides is 3. The Kier molecular flexibility index (Phi) is 3.55. The molecule has 1 aliphatic carbocycles. The lowest BCUT2D eigenvalue weighted by atomic mass is 9.85. The zero-order valence-corrected chi connectivity index (χ0v) is 9.89. The van der Waals surface area contributed by atoms with Crippen LogP contribution in [0.25, 0.3) is 0 Å². The Morgan fingerprint density at radius 3 is 2.61 bits per heavy atom. The molecule has 1 amide bonds. The van der Waals surface area contributed by atoms with Gasteiger partial charge in [-0.15, -0.1) is 0 Å². The molecule has 1 saturated heterocycles. The Balaban J connectivity index is 1.96. The molecule has 2 unspecified atom stereocenters. The molecule has 18 heavy (non-hydrogen) atoms. The van der Waals surface area contributed by atoms with Gasteiger partial charge < -0.3 is 15.7 Å². The summed E-state index contributed by atoms with van der Waals surface area (Å²) in [6, 6.07) is 0. The van der Waals surface area contributed by atoms with Crippen LogP contribution in [0.5, 0.6) is 0 Å². The van der Waals surface area contributed by atoms with Crippen LogP contribution in [0.4, 0.5) is 13.2 Å². The van der Waals surface area contributed by atoms with Crippen LogP contribution in [0.2, 0.25) is 0 Å². The number of aliphatic hydroxyl groups is 1. The third-order valence-corrected chi connectivity index (χ3v) is 3.77. The molecular formula is C11H17F3N2O2. The summed E-state index contributed by atoms with van der Waals surface area (Å²) >= 11 is 0. The molecule has 2 aliphatic rings. The molecule has 0 aromatic heterocycles. The van der Waals surface area contributed by atoms with Gasteiger partial charge in [0.2, 0.25) is 5.91 Å². The SMILES string of the molecule is O=C(NCC(O)C1CC1)C1(C(F)(F)F)CCNC1. The fraction of sp³-hybridized carbons (Fsp3) is 0.909. The molecule has 0 spiro atoms. The molecule has 0 bridgehead atoms. The molecule has 7 heteroatoms. The Bertz CT molecular complexity index is 323. The lowest BCUT2D eigenvalue weighted by molar-refractivity contribution is -0.216. The summed E-state index contributed by atoms with van der Waals surface area (Å²) in [4.78, 5) is 11.8. The van der Waals surface area contributed by atoms with Gasteiger partial charge in [-0.25, -0.2) is 0 Å². The van der Waals surface area contributed by atoms with Gasteiger partial charge in [-0.2, -0.15) is 13.2 Å². The van der Waals surface area contributed by atoms with Crippen molar-refractivity contribution in [2.75, 3.05) is 19.6 Å². The van der Waals surface area contributed by atoms with Crippen LogP contribution in [0.3, 0.4) is 0 Å². The lowest BCUT2D eigenvalue weighted by Crippen LogP contribution is -2.53. The third-order valence-electron chi connectivity index (χ3n) is 3.77. The number of hydrogen-bond donors (Lipinski definition) is 3. The topological polar surface area (TPSA) is 61.4 Å². The van der Waals surface area contributed by atoms with Crippen molar-refractivity contribution >= 4 is 5.91 Å². The summed E-state index contributed by atoms with van der Waals surface area (Å²) in [6.07, 6.45) is -3.78. The fourth-order valence-corrected chi connectivity index (χ4v) is 2.27. The van der Waals surface area contributed by atoms with Gasteiger partial charge in [-0.05, 0) is 31.7 Å². The second kappa shape index (κ2) is 4.70. The van der Waals surface area contributed by atoms with E-state index >= 15 is 0 Å². The summed E-state index contributed by atoms with van der Waals surface area (Å²) < 4.78 is 39.0. The minimum atomic E-state index is -4.56. The van der Waals surface area contributed by atoms with Crippen molar-refractivity contribution in [2.45, 2.75) is 31.5 Å². The maximum Gasteiger partial charge on any atom is 0.404 e. The van der Waals surface area contributed by atoms with E-state index in [1.165, 1.54) is 0 Å². The lowest BCUT2D eigenvalue weighted by Gasteiger charge is -2.29. The van der Waals surface area contributed by atoms with Crippen LogP contribution in [-0.4, -0.2) is 42.9 Å². The summed E-state index contributed by atoms with van der Waals surface area (Å²) in [7, 11) is 0. The van der Waals surface area contributed by atoms with E-state index in [2.05, 4.69) is 10.6 Å². The quantitative estimate of drug-likeness (QED) is 0.691. The molecule has 2 rings (SSSR count). The first-order valence-corrected chi connectivity index (χ1v) is 6.11. The van der Waals surface area contributed by atoms with E-state index in [4.69, 9.17) is 0 Å². The minimum Gasteiger partial charge on any atom is -0.391 e. The summed E-state index contributed by atoms with van der Waals surface area (Å²) in [5, 5.41) is 14.4. The molecular weight excluding hydrogens is 249 g/mol. The average molecular weight is 266 g/mol. The standard InChI is InChI=1S/C11H17F3N2O2/c12-11(13,14)10(3-4-15-6-10)9(18)16-5-8(17)7-1-2-7/h7-8,15,17H,1-6H2,(H,16,18). The second-order valence-corrected chi connectivity index (χ2v) is 5.12. The molecule has 2 fully saturated rings. The van der Waals surface area contributed by atoms with Crippen LogP contribution in [-0.2, 0) is 4.79 Å². The Morgan fingerprint density at radius 2 is 2.17 bits per heavy atom. The van der Waals surface area contributed by atoms with Gasteiger partial charge in [0.1, 0.15) is 0 Å². The highest BCUT2D eigenvalue weighted by molar-refractivity contribution is 5.84. The van der Waals surface area contributed by atoms with Crippen LogP contribution in [0, 0.1) is 11.3 Å². The first-order chi connectivity index (χ1) is 8.37. The predicted octanol–water partition coefficient (Wildman–Crippen LogP) is 0.415.